The highest BCUT2D eigenvalue weighted by atomic mass is 19.4. The molecule has 1 aromatic rings. The summed E-state index contributed by atoms with van der Waals surface area (Å²) in [4.78, 5) is 6.63. The third-order valence-corrected chi connectivity index (χ3v) is 1.43. The summed E-state index contributed by atoms with van der Waals surface area (Å²) in [5, 5.41) is 2.63. The maximum absolute atomic E-state index is 11.7. The van der Waals surface area contributed by atoms with Crippen LogP contribution < -0.4 is 5.32 Å². The number of imidazole rings is 1. The molecule has 13 heavy (non-hydrogen) atoms. The topological polar surface area (TPSA) is 40.7 Å². The highest BCUT2D eigenvalue weighted by Gasteiger charge is 2.25. The second kappa shape index (κ2) is 4.27. The van der Waals surface area contributed by atoms with Crippen LogP contribution in [0.4, 0.5) is 13.2 Å². The number of hydrogen-bond donors (Lipinski definition) is 2. The highest BCUT2D eigenvalue weighted by molar-refractivity contribution is 4.85. The standard InChI is InChI=1S/C7H10F3N3/c8-7(9,10)1-2-11-5-6-12-3-4-13-6/h3-4,11H,1-2,5H2,(H,12,13). The Morgan fingerprint density at radius 1 is 1.46 bits per heavy atom. The van der Waals surface area contributed by atoms with Gasteiger partial charge in [0.25, 0.3) is 0 Å². The second-order valence-corrected chi connectivity index (χ2v) is 2.58. The van der Waals surface area contributed by atoms with Crippen LogP contribution in [0.5, 0.6) is 0 Å². The predicted molar refractivity (Wildman–Crippen MR) is 41.0 cm³/mol. The molecule has 0 radical (unpaired) electrons. The van der Waals surface area contributed by atoms with Gasteiger partial charge in [0.1, 0.15) is 5.82 Å². The lowest BCUT2D eigenvalue weighted by Crippen LogP contribution is -2.21. The molecule has 0 fully saturated rings. The van der Waals surface area contributed by atoms with Gasteiger partial charge in [0.2, 0.25) is 0 Å². The van der Waals surface area contributed by atoms with Gasteiger partial charge in [-0.3, -0.25) is 0 Å². The number of aromatic amines is 1. The summed E-state index contributed by atoms with van der Waals surface area (Å²) in [5.41, 5.74) is 0. The predicted octanol–water partition coefficient (Wildman–Crippen LogP) is 1.45. The molecule has 0 atom stereocenters. The number of hydrogen-bond acceptors (Lipinski definition) is 2. The van der Waals surface area contributed by atoms with Gasteiger partial charge >= 0.3 is 6.18 Å². The first-order valence-corrected chi connectivity index (χ1v) is 3.83. The molecule has 0 amide bonds. The average Bonchev–Trinajstić information content (AvgIpc) is 2.48. The largest absolute Gasteiger partial charge is 0.390 e. The second-order valence-electron chi connectivity index (χ2n) is 2.58. The number of rotatable bonds is 4. The van der Waals surface area contributed by atoms with Crippen LogP contribution in [0.1, 0.15) is 12.2 Å². The minimum atomic E-state index is -4.09. The molecular formula is C7H10F3N3. The van der Waals surface area contributed by atoms with E-state index in [0.717, 1.165) is 0 Å². The zero-order chi connectivity index (χ0) is 9.73. The van der Waals surface area contributed by atoms with E-state index in [1.165, 1.54) is 0 Å². The minimum Gasteiger partial charge on any atom is -0.348 e. The first-order valence-electron chi connectivity index (χ1n) is 3.83. The van der Waals surface area contributed by atoms with Crippen molar-refractivity contribution in [2.45, 2.75) is 19.1 Å². The van der Waals surface area contributed by atoms with Crippen LogP contribution in [0.2, 0.25) is 0 Å². The van der Waals surface area contributed by atoms with Crippen molar-refractivity contribution < 1.29 is 13.2 Å². The number of halogens is 3. The molecule has 0 saturated carbocycles. The summed E-state index contributed by atoms with van der Waals surface area (Å²) in [5.74, 6) is 0.641. The van der Waals surface area contributed by atoms with E-state index in [0.29, 0.717) is 12.4 Å². The maximum atomic E-state index is 11.7. The summed E-state index contributed by atoms with van der Waals surface area (Å²) < 4.78 is 35.0. The van der Waals surface area contributed by atoms with Crippen LogP contribution in [0.15, 0.2) is 12.4 Å². The van der Waals surface area contributed by atoms with Crippen LogP contribution in [0.25, 0.3) is 0 Å². The van der Waals surface area contributed by atoms with Gasteiger partial charge < -0.3 is 10.3 Å². The summed E-state index contributed by atoms with van der Waals surface area (Å²) in [6.45, 7) is 0.257. The van der Waals surface area contributed by atoms with Crippen molar-refractivity contribution in [3.8, 4) is 0 Å². The molecular weight excluding hydrogens is 183 g/mol. The van der Waals surface area contributed by atoms with E-state index in [2.05, 4.69) is 15.3 Å². The Bertz CT molecular complexity index is 230. The van der Waals surface area contributed by atoms with Crippen molar-refractivity contribution in [3.05, 3.63) is 18.2 Å². The van der Waals surface area contributed by atoms with Crippen molar-refractivity contribution in [3.63, 3.8) is 0 Å². The zero-order valence-electron chi connectivity index (χ0n) is 6.86. The van der Waals surface area contributed by atoms with E-state index in [-0.39, 0.29) is 6.54 Å². The molecule has 0 bridgehead atoms. The number of nitrogens with zero attached hydrogens (tertiary/aromatic N) is 1. The average molecular weight is 193 g/mol. The summed E-state index contributed by atoms with van der Waals surface area (Å²) in [6.07, 6.45) is -1.72. The molecule has 0 aromatic carbocycles. The van der Waals surface area contributed by atoms with Gasteiger partial charge in [0, 0.05) is 18.9 Å². The fraction of sp³-hybridized carbons (Fsp3) is 0.571. The van der Waals surface area contributed by atoms with Crippen LogP contribution in [0.3, 0.4) is 0 Å². The third kappa shape index (κ3) is 4.51. The summed E-state index contributed by atoms with van der Waals surface area (Å²) >= 11 is 0. The van der Waals surface area contributed by atoms with Gasteiger partial charge in [0.15, 0.2) is 0 Å². The lowest BCUT2D eigenvalue weighted by Gasteiger charge is -2.05. The number of nitrogens with one attached hydrogen (secondary N) is 2. The minimum absolute atomic E-state index is 0.0792. The number of alkyl halides is 3. The normalized spacial score (nSPS) is 11.9. The van der Waals surface area contributed by atoms with E-state index in [1.807, 2.05) is 0 Å². The molecule has 1 heterocycles. The molecule has 1 rings (SSSR count). The SMILES string of the molecule is FC(F)(F)CCNCc1ncc[nH]1. The molecule has 6 heteroatoms. The Morgan fingerprint density at radius 3 is 2.77 bits per heavy atom. The van der Waals surface area contributed by atoms with Gasteiger partial charge in [-0.2, -0.15) is 13.2 Å². The van der Waals surface area contributed by atoms with Crippen molar-refractivity contribution in [1.29, 1.82) is 0 Å². The Labute approximate surface area is 73.4 Å². The third-order valence-electron chi connectivity index (χ3n) is 1.43. The Kier molecular flexibility index (Phi) is 3.30. The molecule has 3 nitrogen and oxygen atoms in total. The van der Waals surface area contributed by atoms with Crippen molar-refractivity contribution in [2.24, 2.45) is 0 Å². The molecule has 74 valence electrons. The summed E-state index contributed by atoms with van der Waals surface area (Å²) in [6, 6.07) is 0. The molecule has 0 aliphatic rings. The lowest BCUT2D eigenvalue weighted by molar-refractivity contribution is -0.133. The van der Waals surface area contributed by atoms with E-state index in [9.17, 15) is 13.2 Å². The van der Waals surface area contributed by atoms with Crippen LogP contribution in [-0.4, -0.2) is 22.7 Å². The van der Waals surface area contributed by atoms with Gasteiger partial charge in [-0.15, -0.1) is 0 Å². The molecule has 0 aliphatic carbocycles. The first kappa shape index (κ1) is 10.0. The smallest absolute Gasteiger partial charge is 0.348 e. The van der Waals surface area contributed by atoms with Crippen LogP contribution >= 0.6 is 0 Å². The molecule has 0 spiro atoms. The monoisotopic (exact) mass is 193 g/mol. The van der Waals surface area contributed by atoms with E-state index in [1.54, 1.807) is 12.4 Å². The number of aromatic nitrogens is 2. The van der Waals surface area contributed by atoms with Gasteiger partial charge in [-0.1, -0.05) is 0 Å². The molecule has 0 unspecified atom stereocenters. The maximum Gasteiger partial charge on any atom is 0.390 e. The van der Waals surface area contributed by atoms with E-state index in [4.69, 9.17) is 0 Å². The molecule has 1 aromatic heterocycles. The van der Waals surface area contributed by atoms with Crippen LogP contribution in [0, 0.1) is 0 Å². The Morgan fingerprint density at radius 2 is 2.23 bits per heavy atom. The first-order chi connectivity index (χ1) is 6.08. The fourth-order valence-corrected chi connectivity index (χ4v) is 0.832. The van der Waals surface area contributed by atoms with Gasteiger partial charge in [0.05, 0.1) is 13.0 Å². The fourth-order valence-electron chi connectivity index (χ4n) is 0.832. The number of H-pyrrole nitrogens is 1. The summed E-state index contributed by atoms with van der Waals surface area (Å²) in [7, 11) is 0. The van der Waals surface area contributed by atoms with E-state index >= 15 is 0 Å². The molecule has 0 saturated heterocycles. The van der Waals surface area contributed by atoms with Crippen molar-refractivity contribution in [1.82, 2.24) is 15.3 Å². The van der Waals surface area contributed by atoms with Crippen LogP contribution in [-0.2, 0) is 6.54 Å². The zero-order valence-corrected chi connectivity index (χ0v) is 6.86. The van der Waals surface area contributed by atoms with Crippen molar-refractivity contribution in [2.75, 3.05) is 6.54 Å². The van der Waals surface area contributed by atoms with Crippen molar-refractivity contribution >= 4 is 0 Å². The highest BCUT2D eigenvalue weighted by Crippen LogP contribution is 2.18. The van der Waals surface area contributed by atoms with Gasteiger partial charge in [-0.25, -0.2) is 4.98 Å². The lowest BCUT2D eigenvalue weighted by atomic mass is 10.4. The molecule has 2 N–H and O–H groups in total. The quantitative estimate of drug-likeness (QED) is 0.710. The van der Waals surface area contributed by atoms with Gasteiger partial charge in [-0.05, 0) is 0 Å². The van der Waals surface area contributed by atoms with E-state index < -0.39 is 12.6 Å². The Hall–Kier alpha value is -1.04. The Balaban J connectivity index is 2.09. The molecule has 0 aliphatic heterocycles.